The second-order valence-electron chi connectivity index (χ2n) is 8.45. The maximum Gasteiger partial charge on any atom is 0.566 e. The Morgan fingerprint density at radius 3 is 2.58 bits per heavy atom. The number of piperidine rings is 1. The molecule has 26 heavy (non-hydrogen) atoms. The van der Waals surface area contributed by atoms with Crippen LogP contribution < -0.4 is 5.46 Å². The van der Waals surface area contributed by atoms with Crippen molar-refractivity contribution in [1.82, 2.24) is 14.7 Å². The van der Waals surface area contributed by atoms with Crippen LogP contribution in [0, 0.1) is 0 Å². The third-order valence-electron chi connectivity index (χ3n) is 4.71. The number of hydrogen-bond donors (Lipinski definition) is 0. The Kier molecular flexibility index (Phi) is 4.81. The fraction of sp³-hybridized carbons (Fsp3) is 0.667. The zero-order chi connectivity index (χ0) is 19.1. The van der Waals surface area contributed by atoms with Crippen molar-refractivity contribution in [1.29, 1.82) is 0 Å². The van der Waals surface area contributed by atoms with E-state index in [0.29, 0.717) is 18.8 Å². The second kappa shape index (κ2) is 6.65. The molecule has 7 nitrogen and oxygen atoms in total. The number of nitrogens with zero attached hydrogens (tertiary/aromatic N) is 3. The van der Waals surface area contributed by atoms with Crippen LogP contribution in [-0.4, -0.2) is 52.2 Å². The molecular formula is C18H28BN3O4. The van der Waals surface area contributed by atoms with Gasteiger partial charge in [-0.25, -0.2) is 4.79 Å². The van der Waals surface area contributed by atoms with Crippen molar-refractivity contribution < 1.29 is 18.8 Å². The van der Waals surface area contributed by atoms with E-state index in [-0.39, 0.29) is 12.1 Å². The second-order valence-corrected chi connectivity index (χ2v) is 8.45. The van der Waals surface area contributed by atoms with Crippen LogP contribution >= 0.6 is 0 Å². The summed E-state index contributed by atoms with van der Waals surface area (Å²) in [6.45, 7) is 14.7. The lowest BCUT2D eigenvalue weighted by Gasteiger charge is -2.33. The molecule has 0 aromatic carbocycles. The minimum atomic E-state index is -0.495. The Hall–Kier alpha value is -1.96. The molecule has 3 rings (SSSR count). The van der Waals surface area contributed by atoms with Gasteiger partial charge >= 0.3 is 13.2 Å². The number of carbonyl (C=O) groups is 1. The summed E-state index contributed by atoms with van der Waals surface area (Å²) < 4.78 is 19.0. The van der Waals surface area contributed by atoms with Crippen molar-refractivity contribution in [3.05, 3.63) is 24.7 Å². The van der Waals surface area contributed by atoms with Gasteiger partial charge in [-0.3, -0.25) is 4.68 Å². The summed E-state index contributed by atoms with van der Waals surface area (Å²) in [5.41, 5.74) is -0.0821. The standard InChI is InChI=1S/C18H28BN3O4/c1-13-18(5,6)26-19(25-13)14-11-20-22(12-14)15-7-9-21(10-8-15)16(23)24-17(2,3)4/h11-12,15H,1,7-10H2,2-6H3. The largest absolute Gasteiger partial charge is 0.566 e. The van der Waals surface area contributed by atoms with E-state index in [4.69, 9.17) is 14.0 Å². The van der Waals surface area contributed by atoms with Crippen LogP contribution in [0.1, 0.15) is 53.5 Å². The highest BCUT2D eigenvalue weighted by molar-refractivity contribution is 6.62. The van der Waals surface area contributed by atoms with Crippen molar-refractivity contribution in [2.24, 2.45) is 0 Å². The van der Waals surface area contributed by atoms with Crippen LogP contribution in [0.5, 0.6) is 0 Å². The smallest absolute Gasteiger partial charge is 0.534 e. The van der Waals surface area contributed by atoms with Crippen LogP contribution in [-0.2, 0) is 14.0 Å². The summed E-state index contributed by atoms with van der Waals surface area (Å²) >= 11 is 0. The number of likely N-dealkylation sites (tertiary alicyclic amines) is 1. The SMILES string of the molecule is C=C1OB(c2cnn(C3CCN(C(=O)OC(C)(C)C)CC3)c2)OC1(C)C. The first kappa shape index (κ1) is 18.8. The topological polar surface area (TPSA) is 65.8 Å². The molecule has 0 saturated carbocycles. The normalized spacial score (nSPS) is 21.0. The zero-order valence-electron chi connectivity index (χ0n) is 16.3. The van der Waals surface area contributed by atoms with Crippen LogP contribution in [0.15, 0.2) is 24.7 Å². The molecule has 142 valence electrons. The predicted octanol–water partition coefficient (Wildman–Crippen LogP) is 2.49. The molecule has 1 aromatic rings. The van der Waals surface area contributed by atoms with Gasteiger partial charge in [-0.05, 0) is 47.5 Å². The van der Waals surface area contributed by atoms with Crippen LogP contribution in [0.4, 0.5) is 4.79 Å². The zero-order valence-corrected chi connectivity index (χ0v) is 16.3. The molecular weight excluding hydrogens is 333 g/mol. The molecule has 0 spiro atoms. The van der Waals surface area contributed by atoms with Crippen LogP contribution in [0.25, 0.3) is 0 Å². The molecule has 2 saturated heterocycles. The highest BCUT2D eigenvalue weighted by Gasteiger charge is 2.43. The number of aromatic nitrogens is 2. The molecule has 3 heterocycles. The Bertz CT molecular complexity index is 687. The molecule has 1 aromatic heterocycles. The molecule has 1 amide bonds. The molecule has 2 aliphatic heterocycles. The van der Waals surface area contributed by atoms with E-state index in [9.17, 15) is 4.79 Å². The maximum atomic E-state index is 12.2. The van der Waals surface area contributed by atoms with Crippen molar-refractivity contribution in [3.63, 3.8) is 0 Å². The lowest BCUT2D eigenvalue weighted by molar-refractivity contribution is 0.0185. The molecule has 0 atom stereocenters. The first-order valence-electron chi connectivity index (χ1n) is 9.11. The van der Waals surface area contributed by atoms with Crippen molar-refractivity contribution in [3.8, 4) is 0 Å². The number of rotatable bonds is 2. The quantitative estimate of drug-likeness (QED) is 0.758. The van der Waals surface area contributed by atoms with Gasteiger partial charge in [0.2, 0.25) is 0 Å². The first-order chi connectivity index (χ1) is 12.0. The Labute approximate surface area is 155 Å². The maximum absolute atomic E-state index is 12.2. The van der Waals surface area contributed by atoms with E-state index in [0.717, 1.165) is 18.3 Å². The van der Waals surface area contributed by atoms with E-state index < -0.39 is 18.3 Å². The van der Waals surface area contributed by atoms with E-state index in [1.165, 1.54) is 0 Å². The van der Waals surface area contributed by atoms with Gasteiger partial charge in [0.1, 0.15) is 11.2 Å². The lowest BCUT2D eigenvalue weighted by Crippen LogP contribution is -2.42. The summed E-state index contributed by atoms with van der Waals surface area (Å²) in [5, 5.41) is 4.48. The summed E-state index contributed by atoms with van der Waals surface area (Å²) in [6, 6.07) is 0.250. The fourth-order valence-electron chi connectivity index (χ4n) is 3.08. The van der Waals surface area contributed by atoms with E-state index >= 15 is 0 Å². The summed E-state index contributed by atoms with van der Waals surface area (Å²) in [7, 11) is -0.465. The fourth-order valence-corrected chi connectivity index (χ4v) is 3.08. The van der Waals surface area contributed by atoms with Gasteiger partial charge in [-0.15, -0.1) is 0 Å². The third-order valence-corrected chi connectivity index (χ3v) is 4.71. The predicted molar refractivity (Wildman–Crippen MR) is 99.1 cm³/mol. The summed E-state index contributed by atoms with van der Waals surface area (Å²) in [5.74, 6) is 0.626. The average Bonchev–Trinajstić information content (AvgIpc) is 3.11. The average molecular weight is 361 g/mol. The number of carbonyl (C=O) groups excluding carboxylic acids is 1. The third kappa shape index (κ3) is 4.06. The lowest BCUT2D eigenvalue weighted by atomic mass is 9.82. The van der Waals surface area contributed by atoms with E-state index in [2.05, 4.69) is 11.7 Å². The van der Waals surface area contributed by atoms with Gasteiger partial charge in [0.05, 0.1) is 18.0 Å². The van der Waals surface area contributed by atoms with Crippen molar-refractivity contribution >= 4 is 18.7 Å². The van der Waals surface area contributed by atoms with Crippen molar-refractivity contribution in [2.75, 3.05) is 13.1 Å². The highest BCUT2D eigenvalue weighted by Crippen LogP contribution is 2.29. The molecule has 2 fully saturated rings. The van der Waals surface area contributed by atoms with Crippen LogP contribution in [0.3, 0.4) is 0 Å². The Morgan fingerprint density at radius 1 is 1.38 bits per heavy atom. The summed E-state index contributed by atoms with van der Waals surface area (Å²) in [4.78, 5) is 13.9. The van der Waals surface area contributed by atoms with E-state index in [1.54, 1.807) is 11.1 Å². The van der Waals surface area contributed by atoms with Crippen molar-refractivity contribution in [2.45, 2.75) is 64.7 Å². The number of ether oxygens (including phenoxy) is 1. The monoisotopic (exact) mass is 361 g/mol. The summed E-state index contributed by atoms with van der Waals surface area (Å²) in [6.07, 6.45) is 5.17. The van der Waals surface area contributed by atoms with Gasteiger partial charge in [-0.1, -0.05) is 6.58 Å². The van der Waals surface area contributed by atoms with Crippen LogP contribution in [0.2, 0.25) is 0 Å². The van der Waals surface area contributed by atoms with Gasteiger partial charge in [0, 0.05) is 24.7 Å². The van der Waals surface area contributed by atoms with Gasteiger partial charge in [0.25, 0.3) is 0 Å². The number of hydrogen-bond acceptors (Lipinski definition) is 5. The molecule has 0 radical (unpaired) electrons. The number of amides is 1. The molecule has 2 aliphatic rings. The molecule has 8 heteroatoms. The van der Waals surface area contributed by atoms with Gasteiger partial charge in [-0.2, -0.15) is 5.10 Å². The Balaban J connectivity index is 1.57. The Morgan fingerprint density at radius 2 is 2.04 bits per heavy atom. The van der Waals surface area contributed by atoms with Gasteiger partial charge < -0.3 is 18.9 Å². The molecule has 0 aliphatic carbocycles. The molecule has 0 bridgehead atoms. The highest BCUT2D eigenvalue weighted by atomic mass is 16.7. The first-order valence-corrected chi connectivity index (χ1v) is 9.11. The minimum absolute atomic E-state index is 0.245. The minimum Gasteiger partial charge on any atom is -0.534 e. The molecule has 0 N–H and O–H groups in total. The molecule has 0 unspecified atom stereocenters. The van der Waals surface area contributed by atoms with E-state index in [1.807, 2.05) is 45.5 Å². The van der Waals surface area contributed by atoms with Gasteiger partial charge in [0.15, 0.2) is 0 Å².